The molecule has 1 rings (SSSR count). The predicted octanol–water partition coefficient (Wildman–Crippen LogP) is 2.26. The van der Waals surface area contributed by atoms with Crippen LogP contribution in [-0.2, 0) is 6.42 Å². The van der Waals surface area contributed by atoms with Gasteiger partial charge in [-0.25, -0.2) is 4.39 Å². The molecule has 0 aliphatic heterocycles. The average Bonchev–Trinajstić information content (AvgIpc) is 2.19. The molecule has 0 spiro atoms. The SMILES string of the molecule is N#CC(CO)Cc1cc(Br)ccc1F. The van der Waals surface area contributed by atoms with Crippen LogP contribution >= 0.6 is 15.9 Å². The number of rotatable bonds is 3. The Balaban J connectivity index is 2.86. The molecule has 2 nitrogen and oxygen atoms in total. The highest BCUT2D eigenvalue weighted by Crippen LogP contribution is 2.18. The summed E-state index contributed by atoms with van der Waals surface area (Å²) >= 11 is 3.22. The van der Waals surface area contributed by atoms with E-state index in [0.717, 1.165) is 4.47 Å². The topological polar surface area (TPSA) is 44.0 Å². The lowest BCUT2D eigenvalue weighted by atomic mass is 10.0. The van der Waals surface area contributed by atoms with E-state index in [2.05, 4.69) is 15.9 Å². The van der Waals surface area contributed by atoms with Crippen molar-refractivity contribution in [2.75, 3.05) is 6.61 Å². The fourth-order valence-electron chi connectivity index (χ4n) is 1.12. The zero-order chi connectivity index (χ0) is 10.6. The van der Waals surface area contributed by atoms with Crippen molar-refractivity contribution in [2.45, 2.75) is 6.42 Å². The van der Waals surface area contributed by atoms with Crippen LogP contribution in [0.15, 0.2) is 22.7 Å². The van der Waals surface area contributed by atoms with Crippen LogP contribution in [0.3, 0.4) is 0 Å². The van der Waals surface area contributed by atoms with Gasteiger partial charge in [0.2, 0.25) is 0 Å². The molecule has 0 aliphatic carbocycles. The first kappa shape index (κ1) is 11.2. The van der Waals surface area contributed by atoms with Crippen LogP contribution in [0.1, 0.15) is 5.56 Å². The Bertz CT molecular complexity index is 362. The molecule has 0 heterocycles. The maximum atomic E-state index is 13.2. The third-order valence-electron chi connectivity index (χ3n) is 1.88. The molecule has 1 atom stereocenters. The lowest BCUT2D eigenvalue weighted by Crippen LogP contribution is -2.08. The van der Waals surface area contributed by atoms with Gasteiger partial charge < -0.3 is 5.11 Å². The minimum absolute atomic E-state index is 0.234. The Morgan fingerprint density at radius 1 is 1.57 bits per heavy atom. The van der Waals surface area contributed by atoms with Gasteiger partial charge in [-0.15, -0.1) is 0 Å². The van der Waals surface area contributed by atoms with E-state index in [1.807, 2.05) is 6.07 Å². The number of benzene rings is 1. The average molecular weight is 258 g/mol. The number of hydrogen-bond donors (Lipinski definition) is 1. The van der Waals surface area contributed by atoms with Crippen molar-refractivity contribution in [3.63, 3.8) is 0 Å². The highest BCUT2D eigenvalue weighted by molar-refractivity contribution is 9.10. The number of halogens is 2. The molecule has 1 N–H and O–H groups in total. The lowest BCUT2D eigenvalue weighted by molar-refractivity contribution is 0.255. The molecule has 0 saturated carbocycles. The normalized spacial score (nSPS) is 12.1. The fraction of sp³-hybridized carbons (Fsp3) is 0.300. The summed E-state index contributed by atoms with van der Waals surface area (Å²) < 4.78 is 14.0. The van der Waals surface area contributed by atoms with Crippen LogP contribution in [0.5, 0.6) is 0 Å². The minimum Gasteiger partial charge on any atom is -0.395 e. The van der Waals surface area contributed by atoms with Gasteiger partial charge in [0.25, 0.3) is 0 Å². The number of hydrogen-bond acceptors (Lipinski definition) is 2. The standard InChI is InChI=1S/C10H9BrFNO/c11-9-1-2-10(12)8(4-9)3-7(5-13)6-14/h1-2,4,7,14H,3,6H2. The molecule has 0 bridgehead atoms. The number of aliphatic hydroxyl groups is 1. The lowest BCUT2D eigenvalue weighted by Gasteiger charge is -2.06. The number of nitrogens with zero attached hydrogens (tertiary/aromatic N) is 1. The van der Waals surface area contributed by atoms with Gasteiger partial charge in [-0.05, 0) is 30.2 Å². The first-order chi connectivity index (χ1) is 6.67. The van der Waals surface area contributed by atoms with E-state index in [9.17, 15) is 4.39 Å². The van der Waals surface area contributed by atoms with Crippen molar-refractivity contribution in [2.24, 2.45) is 5.92 Å². The molecule has 4 heteroatoms. The molecule has 0 aliphatic rings. The molecule has 74 valence electrons. The molecule has 1 aromatic carbocycles. The van der Waals surface area contributed by atoms with Crippen molar-refractivity contribution < 1.29 is 9.50 Å². The Morgan fingerprint density at radius 2 is 2.29 bits per heavy atom. The molecule has 0 saturated heterocycles. The second-order valence-corrected chi connectivity index (χ2v) is 3.86. The van der Waals surface area contributed by atoms with Gasteiger partial charge >= 0.3 is 0 Å². The van der Waals surface area contributed by atoms with Crippen molar-refractivity contribution in [1.29, 1.82) is 5.26 Å². The first-order valence-corrected chi connectivity index (χ1v) is 4.91. The van der Waals surface area contributed by atoms with E-state index in [-0.39, 0.29) is 18.8 Å². The molecule has 1 aromatic rings. The summed E-state index contributed by atoms with van der Waals surface area (Å²) in [5.41, 5.74) is 0.444. The van der Waals surface area contributed by atoms with Crippen LogP contribution in [0, 0.1) is 23.1 Å². The minimum atomic E-state index is -0.543. The van der Waals surface area contributed by atoms with Crippen molar-refractivity contribution in [3.05, 3.63) is 34.1 Å². The molecule has 0 amide bonds. The zero-order valence-corrected chi connectivity index (χ0v) is 8.96. The van der Waals surface area contributed by atoms with E-state index in [1.54, 1.807) is 12.1 Å². The van der Waals surface area contributed by atoms with Crippen LogP contribution < -0.4 is 0 Å². The third-order valence-corrected chi connectivity index (χ3v) is 2.37. The molecule has 0 fully saturated rings. The maximum Gasteiger partial charge on any atom is 0.126 e. The van der Waals surface area contributed by atoms with Crippen LogP contribution in [-0.4, -0.2) is 11.7 Å². The Labute approximate surface area is 90.1 Å². The summed E-state index contributed by atoms with van der Waals surface area (Å²) in [6.45, 7) is -0.248. The third kappa shape index (κ3) is 2.79. The summed E-state index contributed by atoms with van der Waals surface area (Å²) in [6.07, 6.45) is 0.234. The van der Waals surface area contributed by atoms with Gasteiger partial charge in [-0.2, -0.15) is 5.26 Å². The van der Waals surface area contributed by atoms with Crippen LogP contribution in [0.2, 0.25) is 0 Å². The van der Waals surface area contributed by atoms with E-state index < -0.39 is 5.92 Å². The largest absolute Gasteiger partial charge is 0.395 e. The van der Waals surface area contributed by atoms with E-state index in [0.29, 0.717) is 5.56 Å². The Kier molecular flexibility index (Phi) is 4.05. The van der Waals surface area contributed by atoms with Gasteiger partial charge in [-0.3, -0.25) is 0 Å². The summed E-state index contributed by atoms with van der Waals surface area (Å²) in [5, 5.41) is 17.4. The molecule has 0 aromatic heterocycles. The quantitative estimate of drug-likeness (QED) is 0.903. The second-order valence-electron chi connectivity index (χ2n) is 2.95. The van der Waals surface area contributed by atoms with Gasteiger partial charge in [0.1, 0.15) is 5.82 Å². The Hall–Kier alpha value is -0.920. The monoisotopic (exact) mass is 257 g/mol. The Morgan fingerprint density at radius 3 is 2.86 bits per heavy atom. The summed E-state index contributed by atoms with van der Waals surface area (Å²) in [7, 11) is 0. The van der Waals surface area contributed by atoms with Crippen LogP contribution in [0.4, 0.5) is 4.39 Å². The van der Waals surface area contributed by atoms with Gasteiger partial charge in [0, 0.05) is 4.47 Å². The molecular formula is C10H9BrFNO. The number of aliphatic hydroxyl groups excluding tert-OH is 1. The number of nitriles is 1. The molecule has 0 radical (unpaired) electrons. The van der Waals surface area contributed by atoms with E-state index in [4.69, 9.17) is 10.4 Å². The smallest absolute Gasteiger partial charge is 0.126 e. The van der Waals surface area contributed by atoms with E-state index >= 15 is 0 Å². The summed E-state index contributed by atoms with van der Waals surface area (Å²) in [5.74, 6) is -0.888. The maximum absolute atomic E-state index is 13.2. The first-order valence-electron chi connectivity index (χ1n) is 4.11. The van der Waals surface area contributed by atoms with Gasteiger partial charge in [-0.1, -0.05) is 15.9 Å². The van der Waals surface area contributed by atoms with E-state index in [1.165, 1.54) is 6.07 Å². The van der Waals surface area contributed by atoms with Crippen molar-refractivity contribution >= 4 is 15.9 Å². The van der Waals surface area contributed by atoms with Gasteiger partial charge in [0.15, 0.2) is 0 Å². The highest BCUT2D eigenvalue weighted by atomic mass is 79.9. The molecule has 14 heavy (non-hydrogen) atoms. The molecular weight excluding hydrogens is 249 g/mol. The predicted molar refractivity (Wildman–Crippen MR) is 54.0 cm³/mol. The van der Waals surface area contributed by atoms with Crippen LogP contribution in [0.25, 0.3) is 0 Å². The highest BCUT2D eigenvalue weighted by Gasteiger charge is 2.10. The molecule has 1 unspecified atom stereocenters. The zero-order valence-electron chi connectivity index (χ0n) is 7.37. The fourth-order valence-corrected chi connectivity index (χ4v) is 1.52. The summed E-state index contributed by atoms with van der Waals surface area (Å²) in [4.78, 5) is 0. The summed E-state index contributed by atoms with van der Waals surface area (Å²) in [6, 6.07) is 6.47. The van der Waals surface area contributed by atoms with Crippen molar-refractivity contribution in [1.82, 2.24) is 0 Å². The van der Waals surface area contributed by atoms with Crippen molar-refractivity contribution in [3.8, 4) is 6.07 Å². The second kappa shape index (κ2) is 5.08. The van der Waals surface area contributed by atoms with Gasteiger partial charge in [0.05, 0.1) is 18.6 Å².